The van der Waals surface area contributed by atoms with Crippen LogP contribution >= 0.6 is 0 Å². The zero-order valence-corrected chi connectivity index (χ0v) is 19.2. The molecule has 2 aromatic carbocycles. The molecule has 2 heterocycles. The van der Waals surface area contributed by atoms with Crippen LogP contribution in [0.1, 0.15) is 61.8 Å². The zero-order valence-electron chi connectivity index (χ0n) is 19.2. The molecule has 7 heteroatoms. The van der Waals surface area contributed by atoms with Crippen LogP contribution in [0.4, 0.5) is 5.95 Å². The predicted octanol–water partition coefficient (Wildman–Crippen LogP) is 3.56. The number of nitrogens with one attached hydrogen (secondary N) is 1. The number of carbonyl (C=O) groups is 2. The first-order chi connectivity index (χ1) is 15.0. The standard InChI is InChI=1S/C25H29N5O2/c1-24(2,3)29-22(32)25(4,5)17-10-11-19-18(12-17)20(28-23(26)27-19)21(31)30-13-15-8-6-7-9-16(15)14-30/h6-12H,13-14H2,1-5H3,(H,29,32)(H2,26,27,28). The molecule has 0 fully saturated rings. The van der Waals surface area contributed by atoms with Crippen molar-refractivity contribution < 1.29 is 9.59 Å². The number of anilines is 1. The van der Waals surface area contributed by atoms with Gasteiger partial charge in [0.05, 0.1) is 10.9 Å². The van der Waals surface area contributed by atoms with Crippen LogP contribution in [-0.4, -0.2) is 32.2 Å². The summed E-state index contributed by atoms with van der Waals surface area (Å²) in [6.07, 6.45) is 0. The van der Waals surface area contributed by atoms with Crippen LogP contribution in [0, 0.1) is 0 Å². The monoisotopic (exact) mass is 431 g/mol. The molecule has 0 aliphatic carbocycles. The van der Waals surface area contributed by atoms with Crippen LogP contribution in [-0.2, 0) is 23.3 Å². The van der Waals surface area contributed by atoms with Gasteiger partial charge in [-0.25, -0.2) is 9.97 Å². The number of amides is 2. The van der Waals surface area contributed by atoms with Crippen molar-refractivity contribution in [3.8, 4) is 0 Å². The van der Waals surface area contributed by atoms with E-state index in [1.807, 2.05) is 71.0 Å². The second-order valence-electron chi connectivity index (χ2n) is 9.92. The summed E-state index contributed by atoms with van der Waals surface area (Å²) in [6, 6.07) is 13.5. The molecule has 7 nitrogen and oxygen atoms in total. The van der Waals surface area contributed by atoms with Gasteiger partial charge in [-0.2, -0.15) is 0 Å². The van der Waals surface area contributed by atoms with Gasteiger partial charge in [-0.3, -0.25) is 9.59 Å². The molecular weight excluding hydrogens is 402 g/mol. The Morgan fingerprint density at radius 3 is 2.19 bits per heavy atom. The molecule has 32 heavy (non-hydrogen) atoms. The van der Waals surface area contributed by atoms with E-state index in [1.165, 1.54) is 0 Å². The van der Waals surface area contributed by atoms with Crippen LogP contribution in [0.5, 0.6) is 0 Å². The van der Waals surface area contributed by atoms with Gasteiger partial charge in [-0.15, -0.1) is 0 Å². The topological polar surface area (TPSA) is 101 Å². The van der Waals surface area contributed by atoms with Crippen molar-refractivity contribution in [2.24, 2.45) is 0 Å². The number of hydrogen-bond acceptors (Lipinski definition) is 5. The molecule has 1 aromatic heterocycles. The highest BCUT2D eigenvalue weighted by Crippen LogP contribution is 2.30. The number of hydrogen-bond donors (Lipinski definition) is 2. The predicted molar refractivity (Wildman–Crippen MR) is 125 cm³/mol. The molecule has 166 valence electrons. The first kappa shape index (κ1) is 21.7. The molecular formula is C25H29N5O2. The molecule has 2 amide bonds. The van der Waals surface area contributed by atoms with E-state index in [9.17, 15) is 9.59 Å². The quantitative estimate of drug-likeness (QED) is 0.660. The third-order valence-corrected chi connectivity index (χ3v) is 5.82. The molecule has 3 aromatic rings. The van der Waals surface area contributed by atoms with Gasteiger partial charge >= 0.3 is 0 Å². The molecule has 1 aliphatic heterocycles. The Hall–Kier alpha value is -3.48. The summed E-state index contributed by atoms with van der Waals surface area (Å²) in [5, 5.41) is 3.63. The summed E-state index contributed by atoms with van der Waals surface area (Å²) in [5.41, 5.74) is 8.64. The van der Waals surface area contributed by atoms with E-state index in [2.05, 4.69) is 15.3 Å². The first-order valence-electron chi connectivity index (χ1n) is 10.7. The fourth-order valence-corrected chi connectivity index (χ4v) is 3.95. The lowest BCUT2D eigenvalue weighted by molar-refractivity contribution is -0.127. The summed E-state index contributed by atoms with van der Waals surface area (Å²) in [5.74, 6) is -0.243. The zero-order chi connectivity index (χ0) is 23.3. The number of aromatic nitrogens is 2. The van der Waals surface area contributed by atoms with E-state index in [1.54, 1.807) is 11.0 Å². The van der Waals surface area contributed by atoms with Crippen molar-refractivity contribution in [3.05, 3.63) is 64.8 Å². The second-order valence-corrected chi connectivity index (χ2v) is 9.92. The lowest BCUT2D eigenvalue weighted by atomic mass is 9.82. The van der Waals surface area contributed by atoms with Crippen LogP contribution in [0.15, 0.2) is 42.5 Å². The van der Waals surface area contributed by atoms with E-state index < -0.39 is 5.41 Å². The Morgan fingerprint density at radius 1 is 0.969 bits per heavy atom. The number of nitrogen functional groups attached to an aromatic ring is 1. The minimum atomic E-state index is -0.812. The fraction of sp³-hybridized carbons (Fsp3) is 0.360. The SMILES string of the molecule is CC(C)(C)NC(=O)C(C)(C)c1ccc2nc(N)nc(C(=O)N3Cc4ccccc4C3)c2c1. The highest BCUT2D eigenvalue weighted by molar-refractivity contribution is 6.05. The lowest BCUT2D eigenvalue weighted by Crippen LogP contribution is -2.48. The molecule has 0 saturated carbocycles. The summed E-state index contributed by atoms with van der Waals surface area (Å²) < 4.78 is 0. The van der Waals surface area contributed by atoms with Crippen molar-refractivity contribution in [1.82, 2.24) is 20.2 Å². The summed E-state index contributed by atoms with van der Waals surface area (Å²) in [7, 11) is 0. The van der Waals surface area contributed by atoms with Gasteiger partial charge in [-0.05, 0) is 63.4 Å². The van der Waals surface area contributed by atoms with E-state index in [0.29, 0.717) is 24.0 Å². The van der Waals surface area contributed by atoms with Gasteiger partial charge in [0, 0.05) is 24.0 Å². The van der Waals surface area contributed by atoms with Gasteiger partial charge in [0.1, 0.15) is 5.69 Å². The van der Waals surface area contributed by atoms with Gasteiger partial charge in [0.15, 0.2) is 0 Å². The Kier molecular flexibility index (Phi) is 5.15. The maximum atomic E-state index is 13.5. The largest absolute Gasteiger partial charge is 0.368 e. The Bertz CT molecular complexity index is 1200. The Balaban J connectivity index is 1.74. The number of nitrogens with two attached hydrogens (primary N) is 1. The fourth-order valence-electron chi connectivity index (χ4n) is 3.95. The van der Waals surface area contributed by atoms with Crippen LogP contribution in [0.2, 0.25) is 0 Å². The molecule has 4 rings (SSSR count). The molecule has 1 aliphatic rings. The molecule has 0 saturated heterocycles. The number of nitrogens with zero attached hydrogens (tertiary/aromatic N) is 3. The average molecular weight is 432 g/mol. The van der Waals surface area contributed by atoms with Crippen molar-refractivity contribution in [3.63, 3.8) is 0 Å². The lowest BCUT2D eigenvalue weighted by Gasteiger charge is -2.30. The van der Waals surface area contributed by atoms with Gasteiger partial charge in [-0.1, -0.05) is 30.3 Å². The normalized spacial score (nSPS) is 13.8. The summed E-state index contributed by atoms with van der Waals surface area (Å²) >= 11 is 0. The minimum Gasteiger partial charge on any atom is -0.368 e. The summed E-state index contributed by atoms with van der Waals surface area (Å²) in [6.45, 7) is 10.6. The number of carbonyl (C=O) groups excluding carboxylic acids is 2. The maximum Gasteiger partial charge on any atom is 0.273 e. The van der Waals surface area contributed by atoms with Gasteiger partial charge in [0.2, 0.25) is 11.9 Å². The molecule has 3 N–H and O–H groups in total. The van der Waals surface area contributed by atoms with Crippen LogP contribution in [0.3, 0.4) is 0 Å². The highest BCUT2D eigenvalue weighted by atomic mass is 16.2. The third kappa shape index (κ3) is 4.02. The highest BCUT2D eigenvalue weighted by Gasteiger charge is 2.33. The Labute approximate surface area is 188 Å². The van der Waals surface area contributed by atoms with E-state index in [4.69, 9.17) is 5.73 Å². The number of benzene rings is 2. The van der Waals surface area contributed by atoms with Crippen LogP contribution in [0.25, 0.3) is 10.9 Å². The number of fused-ring (bicyclic) bond motifs is 2. The molecule has 0 atom stereocenters. The smallest absolute Gasteiger partial charge is 0.273 e. The van der Waals surface area contributed by atoms with Gasteiger partial charge < -0.3 is 16.0 Å². The van der Waals surface area contributed by atoms with Crippen LogP contribution < -0.4 is 11.1 Å². The van der Waals surface area contributed by atoms with Crippen molar-refractivity contribution in [2.45, 2.75) is 58.7 Å². The third-order valence-electron chi connectivity index (χ3n) is 5.82. The maximum absolute atomic E-state index is 13.5. The molecule has 0 bridgehead atoms. The molecule has 0 radical (unpaired) electrons. The number of rotatable bonds is 3. The van der Waals surface area contributed by atoms with Crippen molar-refractivity contribution in [2.75, 3.05) is 5.73 Å². The second kappa shape index (κ2) is 7.58. The van der Waals surface area contributed by atoms with Gasteiger partial charge in [0.25, 0.3) is 5.91 Å². The molecule has 0 spiro atoms. The van der Waals surface area contributed by atoms with Crippen molar-refractivity contribution in [1.29, 1.82) is 0 Å². The summed E-state index contributed by atoms with van der Waals surface area (Å²) in [4.78, 5) is 36.8. The molecule has 0 unspecified atom stereocenters. The Morgan fingerprint density at radius 2 is 1.59 bits per heavy atom. The van der Waals surface area contributed by atoms with Crippen molar-refractivity contribution >= 4 is 28.7 Å². The van der Waals surface area contributed by atoms with E-state index in [0.717, 1.165) is 16.7 Å². The van der Waals surface area contributed by atoms with E-state index >= 15 is 0 Å². The van der Waals surface area contributed by atoms with E-state index in [-0.39, 0.29) is 29.0 Å². The minimum absolute atomic E-state index is 0.0510. The first-order valence-corrected chi connectivity index (χ1v) is 10.7. The average Bonchev–Trinajstić information content (AvgIpc) is 3.15.